The Kier molecular flexibility index (Phi) is 4.35. The van der Waals surface area contributed by atoms with Gasteiger partial charge in [-0.2, -0.15) is 0 Å². The fourth-order valence-electron chi connectivity index (χ4n) is 1.89. The molecule has 0 aliphatic heterocycles. The summed E-state index contributed by atoms with van der Waals surface area (Å²) in [6.07, 6.45) is 0. The maximum atomic E-state index is 13.6. The van der Waals surface area contributed by atoms with Crippen molar-refractivity contribution in [3.05, 3.63) is 59.4 Å². The Labute approximate surface area is 117 Å². The van der Waals surface area contributed by atoms with Gasteiger partial charge in [0.25, 0.3) is 0 Å². The van der Waals surface area contributed by atoms with E-state index in [0.717, 1.165) is 11.3 Å². The molecule has 0 spiro atoms. The van der Waals surface area contributed by atoms with Gasteiger partial charge in [-0.15, -0.1) is 0 Å². The molecular weight excluding hydrogens is 259 g/mol. The Bertz CT molecular complexity index is 623. The van der Waals surface area contributed by atoms with E-state index in [0.29, 0.717) is 0 Å². The highest BCUT2D eigenvalue weighted by Gasteiger charge is 2.14. The summed E-state index contributed by atoms with van der Waals surface area (Å²) in [5.74, 6) is 0.0434. The summed E-state index contributed by atoms with van der Waals surface area (Å²) in [6.45, 7) is 1.55. The van der Waals surface area contributed by atoms with Crippen LogP contribution in [0.3, 0.4) is 0 Å². The lowest BCUT2D eigenvalue weighted by atomic mass is 10.1. The molecule has 0 atom stereocenters. The molecule has 20 heavy (non-hydrogen) atoms. The molecule has 0 N–H and O–H groups in total. The van der Waals surface area contributed by atoms with Crippen LogP contribution < -0.4 is 9.47 Å². The molecule has 3 nitrogen and oxygen atoms in total. The van der Waals surface area contributed by atoms with Crippen molar-refractivity contribution in [2.24, 2.45) is 0 Å². The number of rotatable bonds is 5. The van der Waals surface area contributed by atoms with Crippen molar-refractivity contribution in [2.45, 2.75) is 13.5 Å². The van der Waals surface area contributed by atoms with Crippen molar-refractivity contribution in [1.29, 1.82) is 0 Å². The predicted octanol–water partition coefficient (Wildman–Crippen LogP) is 3.62. The molecule has 0 amide bonds. The molecule has 0 heterocycles. The third-order valence-electron chi connectivity index (χ3n) is 2.86. The van der Waals surface area contributed by atoms with Crippen LogP contribution in [0.1, 0.15) is 22.8 Å². The number of Topliss-reactive ketones (excluding diaryl/α,β-unsaturated/α-hetero) is 1. The van der Waals surface area contributed by atoms with Gasteiger partial charge in [-0.05, 0) is 36.8 Å². The van der Waals surface area contributed by atoms with Crippen LogP contribution in [0.25, 0.3) is 0 Å². The van der Waals surface area contributed by atoms with Crippen LogP contribution in [0.4, 0.5) is 4.39 Å². The van der Waals surface area contributed by atoms with Crippen molar-refractivity contribution in [1.82, 2.24) is 0 Å². The third-order valence-corrected chi connectivity index (χ3v) is 2.86. The van der Waals surface area contributed by atoms with E-state index in [-0.39, 0.29) is 23.7 Å². The molecule has 0 bridgehead atoms. The number of halogens is 1. The zero-order valence-corrected chi connectivity index (χ0v) is 11.4. The van der Waals surface area contributed by atoms with Crippen LogP contribution >= 0.6 is 0 Å². The van der Waals surface area contributed by atoms with Crippen molar-refractivity contribution in [3.8, 4) is 11.5 Å². The fourth-order valence-corrected chi connectivity index (χ4v) is 1.89. The van der Waals surface area contributed by atoms with Crippen molar-refractivity contribution in [2.75, 3.05) is 7.11 Å². The number of ketones is 1. The second-order valence-corrected chi connectivity index (χ2v) is 4.31. The van der Waals surface area contributed by atoms with E-state index < -0.39 is 5.82 Å². The highest BCUT2D eigenvalue weighted by Crippen LogP contribution is 2.23. The Morgan fingerprint density at radius 2 is 1.95 bits per heavy atom. The topological polar surface area (TPSA) is 35.5 Å². The van der Waals surface area contributed by atoms with Crippen LogP contribution in [-0.4, -0.2) is 12.9 Å². The molecule has 104 valence electrons. The van der Waals surface area contributed by atoms with E-state index in [1.54, 1.807) is 13.2 Å². The monoisotopic (exact) mass is 274 g/mol. The summed E-state index contributed by atoms with van der Waals surface area (Å²) < 4.78 is 24.3. The molecule has 2 aromatic carbocycles. The number of ether oxygens (including phenoxy) is 2. The Morgan fingerprint density at radius 3 is 2.65 bits per heavy atom. The molecule has 0 radical (unpaired) electrons. The van der Waals surface area contributed by atoms with E-state index in [1.165, 1.54) is 19.1 Å². The minimum absolute atomic E-state index is 0.0182. The zero-order valence-electron chi connectivity index (χ0n) is 11.4. The van der Waals surface area contributed by atoms with Crippen LogP contribution in [0.2, 0.25) is 0 Å². The average Bonchev–Trinajstić information content (AvgIpc) is 2.45. The average molecular weight is 274 g/mol. The highest BCUT2D eigenvalue weighted by molar-refractivity contribution is 5.97. The largest absolute Gasteiger partial charge is 0.497 e. The number of carbonyl (C=O) groups excluding carboxylic acids is 1. The van der Waals surface area contributed by atoms with Gasteiger partial charge in [-0.25, -0.2) is 4.39 Å². The smallest absolute Gasteiger partial charge is 0.166 e. The fraction of sp³-hybridized carbons (Fsp3) is 0.188. The van der Waals surface area contributed by atoms with Crippen LogP contribution in [0.5, 0.6) is 11.5 Å². The minimum atomic E-state index is -0.569. The van der Waals surface area contributed by atoms with E-state index in [1.807, 2.05) is 24.3 Å². The maximum Gasteiger partial charge on any atom is 0.166 e. The molecule has 4 heteroatoms. The van der Waals surface area contributed by atoms with Crippen molar-refractivity contribution in [3.63, 3.8) is 0 Å². The summed E-state index contributed by atoms with van der Waals surface area (Å²) >= 11 is 0. The predicted molar refractivity (Wildman–Crippen MR) is 73.7 cm³/mol. The summed E-state index contributed by atoms with van der Waals surface area (Å²) in [7, 11) is 1.58. The summed E-state index contributed by atoms with van der Waals surface area (Å²) in [4.78, 5) is 11.5. The molecule has 0 saturated heterocycles. The zero-order chi connectivity index (χ0) is 14.5. The first kappa shape index (κ1) is 14.1. The van der Waals surface area contributed by atoms with Gasteiger partial charge in [0, 0.05) is 0 Å². The van der Waals surface area contributed by atoms with Gasteiger partial charge < -0.3 is 9.47 Å². The van der Waals surface area contributed by atoms with E-state index >= 15 is 0 Å². The Balaban J connectivity index is 2.18. The van der Waals surface area contributed by atoms with E-state index in [2.05, 4.69) is 0 Å². The van der Waals surface area contributed by atoms with Crippen LogP contribution in [-0.2, 0) is 6.61 Å². The number of methoxy groups -OCH3 is 1. The van der Waals surface area contributed by atoms with Crippen LogP contribution in [0.15, 0.2) is 42.5 Å². The SMILES string of the molecule is COc1cccc(COc2cccc(F)c2C(C)=O)c1. The molecule has 0 saturated carbocycles. The highest BCUT2D eigenvalue weighted by atomic mass is 19.1. The third kappa shape index (κ3) is 3.15. The summed E-state index contributed by atoms with van der Waals surface area (Å²) in [5.41, 5.74) is 0.860. The molecule has 0 unspecified atom stereocenters. The molecule has 0 aliphatic rings. The second-order valence-electron chi connectivity index (χ2n) is 4.31. The first-order valence-corrected chi connectivity index (χ1v) is 6.17. The first-order valence-electron chi connectivity index (χ1n) is 6.17. The second kappa shape index (κ2) is 6.19. The molecule has 0 aliphatic carbocycles. The lowest BCUT2D eigenvalue weighted by molar-refractivity contribution is 0.100. The number of carbonyl (C=O) groups is 1. The summed E-state index contributed by atoms with van der Waals surface area (Å²) in [5, 5.41) is 0. The molecule has 0 aromatic heterocycles. The van der Waals surface area contributed by atoms with Gasteiger partial charge in [0.2, 0.25) is 0 Å². The van der Waals surface area contributed by atoms with Crippen molar-refractivity contribution < 1.29 is 18.7 Å². The molecule has 2 rings (SSSR count). The quantitative estimate of drug-likeness (QED) is 0.781. The Morgan fingerprint density at radius 1 is 1.20 bits per heavy atom. The van der Waals surface area contributed by atoms with E-state index in [9.17, 15) is 9.18 Å². The maximum absolute atomic E-state index is 13.6. The van der Waals surface area contributed by atoms with E-state index in [4.69, 9.17) is 9.47 Å². The summed E-state index contributed by atoms with van der Waals surface area (Å²) in [6, 6.07) is 11.7. The molecule has 0 fully saturated rings. The molecular formula is C16H15FO3. The standard InChI is InChI=1S/C16H15FO3/c1-11(18)16-14(17)7-4-8-15(16)20-10-12-5-3-6-13(9-12)19-2/h3-9H,10H2,1-2H3. The van der Waals surface area contributed by atoms with Gasteiger partial charge in [0.15, 0.2) is 5.78 Å². The number of hydrogen-bond donors (Lipinski definition) is 0. The normalized spacial score (nSPS) is 10.2. The number of hydrogen-bond acceptors (Lipinski definition) is 3. The minimum Gasteiger partial charge on any atom is -0.497 e. The van der Waals surface area contributed by atoms with Gasteiger partial charge in [0.05, 0.1) is 12.7 Å². The lowest BCUT2D eigenvalue weighted by Gasteiger charge is -2.11. The van der Waals surface area contributed by atoms with Gasteiger partial charge in [-0.1, -0.05) is 18.2 Å². The molecule has 2 aromatic rings. The van der Waals surface area contributed by atoms with Crippen LogP contribution in [0, 0.1) is 5.82 Å². The van der Waals surface area contributed by atoms with Crippen molar-refractivity contribution >= 4 is 5.78 Å². The first-order chi connectivity index (χ1) is 9.61. The van der Waals surface area contributed by atoms with Gasteiger partial charge >= 0.3 is 0 Å². The number of benzene rings is 2. The van der Waals surface area contributed by atoms with Gasteiger partial charge in [0.1, 0.15) is 23.9 Å². The Hall–Kier alpha value is -2.36. The van der Waals surface area contributed by atoms with Gasteiger partial charge in [-0.3, -0.25) is 4.79 Å². The lowest BCUT2D eigenvalue weighted by Crippen LogP contribution is -2.04.